The minimum absolute atomic E-state index is 0.316. The highest BCUT2D eigenvalue weighted by atomic mass is 16.6. The van der Waals surface area contributed by atoms with Gasteiger partial charge in [0, 0.05) is 13.2 Å². The number of hydrogen-bond acceptors (Lipinski definition) is 6. The van der Waals surface area contributed by atoms with Gasteiger partial charge in [-0.25, -0.2) is 0 Å². The van der Waals surface area contributed by atoms with E-state index in [-0.39, 0.29) is 13.2 Å². The van der Waals surface area contributed by atoms with Crippen LogP contribution in [0.15, 0.2) is 0 Å². The number of ether oxygens (including phenoxy) is 2. The first kappa shape index (κ1) is 20.1. The summed E-state index contributed by atoms with van der Waals surface area (Å²) in [6.07, 6.45) is 1.96. The quantitative estimate of drug-likeness (QED) is 0.334. The third-order valence-corrected chi connectivity index (χ3v) is 1.93. The number of rotatable bonds is 10. The molecule has 0 saturated carbocycles. The summed E-state index contributed by atoms with van der Waals surface area (Å²) in [4.78, 5) is 0. The maximum absolute atomic E-state index is 8.61. The van der Waals surface area contributed by atoms with Crippen LogP contribution in [0.1, 0.15) is 39.5 Å². The number of aliphatic hydroxyl groups excluding tert-OH is 4. The van der Waals surface area contributed by atoms with Crippen molar-refractivity contribution in [1.82, 2.24) is 0 Å². The van der Waals surface area contributed by atoms with Gasteiger partial charge in [-0.2, -0.15) is 0 Å². The monoisotopic (exact) mass is 268 g/mol. The summed E-state index contributed by atoms with van der Waals surface area (Å²) in [5, 5.41) is 33.7. The zero-order valence-electron chi connectivity index (χ0n) is 11.4. The predicted octanol–water partition coefficient (Wildman–Crippen LogP) is 0.228. The van der Waals surface area contributed by atoms with Crippen LogP contribution < -0.4 is 0 Å². The molecule has 2 unspecified atom stereocenters. The standard InChI is InChI=1S/2C6H14O3/c2*1-2-3-4-9-6(8)5-7/h2*6-8H,2-5H2,1H3. The molecule has 0 bridgehead atoms. The molecule has 0 aliphatic rings. The molecule has 0 amide bonds. The van der Waals surface area contributed by atoms with Crippen molar-refractivity contribution < 1.29 is 29.9 Å². The predicted molar refractivity (Wildman–Crippen MR) is 67.9 cm³/mol. The van der Waals surface area contributed by atoms with Crippen LogP contribution in [0.3, 0.4) is 0 Å². The lowest BCUT2D eigenvalue weighted by Crippen LogP contribution is -2.16. The van der Waals surface area contributed by atoms with E-state index in [2.05, 4.69) is 0 Å². The van der Waals surface area contributed by atoms with Crippen molar-refractivity contribution >= 4 is 0 Å². The van der Waals surface area contributed by atoms with Crippen LogP contribution in [0.4, 0.5) is 0 Å². The largest absolute Gasteiger partial charge is 0.391 e. The van der Waals surface area contributed by atoms with Crippen LogP contribution in [0.5, 0.6) is 0 Å². The van der Waals surface area contributed by atoms with E-state index in [0.29, 0.717) is 13.2 Å². The third-order valence-electron chi connectivity index (χ3n) is 1.93. The highest BCUT2D eigenvalue weighted by Crippen LogP contribution is 1.91. The van der Waals surface area contributed by atoms with Gasteiger partial charge >= 0.3 is 0 Å². The smallest absolute Gasteiger partial charge is 0.177 e. The molecule has 0 radical (unpaired) electrons. The normalized spacial score (nSPS) is 13.7. The fourth-order valence-electron chi connectivity index (χ4n) is 0.833. The Hall–Kier alpha value is -0.240. The van der Waals surface area contributed by atoms with E-state index in [0.717, 1.165) is 25.7 Å². The molecule has 0 aromatic rings. The Bertz CT molecular complexity index is 129. The zero-order chi connectivity index (χ0) is 14.2. The lowest BCUT2D eigenvalue weighted by atomic mass is 10.4. The molecule has 0 fully saturated rings. The molecule has 0 aliphatic heterocycles. The second-order valence-corrected chi connectivity index (χ2v) is 3.72. The van der Waals surface area contributed by atoms with E-state index in [9.17, 15) is 0 Å². The van der Waals surface area contributed by atoms with Gasteiger partial charge in [0.1, 0.15) is 0 Å². The Balaban J connectivity index is 0. The van der Waals surface area contributed by atoms with E-state index >= 15 is 0 Å². The molecule has 18 heavy (non-hydrogen) atoms. The highest BCUT2D eigenvalue weighted by Gasteiger charge is 1.98. The van der Waals surface area contributed by atoms with Crippen molar-refractivity contribution in [3.05, 3.63) is 0 Å². The Morgan fingerprint density at radius 3 is 1.33 bits per heavy atom. The van der Waals surface area contributed by atoms with Crippen molar-refractivity contribution in [2.24, 2.45) is 0 Å². The number of unbranched alkanes of at least 4 members (excludes halogenated alkanes) is 2. The van der Waals surface area contributed by atoms with Crippen LogP contribution in [0.2, 0.25) is 0 Å². The molecule has 0 rings (SSSR count). The van der Waals surface area contributed by atoms with Crippen LogP contribution in [-0.2, 0) is 9.47 Å². The zero-order valence-corrected chi connectivity index (χ0v) is 11.4. The van der Waals surface area contributed by atoms with Crippen molar-refractivity contribution in [2.75, 3.05) is 26.4 Å². The van der Waals surface area contributed by atoms with Gasteiger partial charge in [0.2, 0.25) is 0 Å². The molecule has 0 saturated heterocycles. The van der Waals surface area contributed by atoms with Gasteiger partial charge in [0.25, 0.3) is 0 Å². The maximum atomic E-state index is 8.61. The summed E-state index contributed by atoms with van der Waals surface area (Å²) in [5.74, 6) is 0. The molecule has 0 aromatic heterocycles. The molecule has 2 atom stereocenters. The molecular weight excluding hydrogens is 240 g/mol. The molecule has 4 N–H and O–H groups in total. The molecule has 0 spiro atoms. The van der Waals surface area contributed by atoms with Crippen LogP contribution in [0.25, 0.3) is 0 Å². The van der Waals surface area contributed by atoms with Gasteiger partial charge in [0.15, 0.2) is 12.6 Å². The van der Waals surface area contributed by atoms with E-state index < -0.39 is 12.6 Å². The van der Waals surface area contributed by atoms with Crippen LogP contribution in [0, 0.1) is 0 Å². The van der Waals surface area contributed by atoms with Gasteiger partial charge in [-0.3, -0.25) is 0 Å². The molecule has 0 heterocycles. The van der Waals surface area contributed by atoms with Crippen LogP contribution >= 0.6 is 0 Å². The van der Waals surface area contributed by atoms with Crippen molar-refractivity contribution in [3.63, 3.8) is 0 Å². The second kappa shape index (κ2) is 16.8. The van der Waals surface area contributed by atoms with E-state index in [1.54, 1.807) is 0 Å². The van der Waals surface area contributed by atoms with Crippen molar-refractivity contribution in [1.29, 1.82) is 0 Å². The maximum Gasteiger partial charge on any atom is 0.177 e. The average Bonchev–Trinajstić information content (AvgIpc) is 2.39. The SMILES string of the molecule is CCCCOC(O)CO.CCCCOC(O)CO. The topological polar surface area (TPSA) is 99.4 Å². The molecule has 0 aromatic carbocycles. The summed E-state index contributed by atoms with van der Waals surface area (Å²) in [7, 11) is 0. The summed E-state index contributed by atoms with van der Waals surface area (Å²) in [5.41, 5.74) is 0. The molecule has 112 valence electrons. The number of hydrogen-bond donors (Lipinski definition) is 4. The lowest BCUT2D eigenvalue weighted by Gasteiger charge is -2.06. The van der Waals surface area contributed by atoms with Crippen molar-refractivity contribution in [3.8, 4) is 0 Å². The first-order valence-electron chi connectivity index (χ1n) is 6.43. The van der Waals surface area contributed by atoms with E-state index in [4.69, 9.17) is 29.9 Å². The van der Waals surface area contributed by atoms with Gasteiger partial charge in [0.05, 0.1) is 13.2 Å². The minimum atomic E-state index is -0.989. The summed E-state index contributed by atoms with van der Waals surface area (Å²) in [6.45, 7) is 4.49. The molecule has 6 nitrogen and oxygen atoms in total. The van der Waals surface area contributed by atoms with Crippen LogP contribution in [-0.4, -0.2) is 59.4 Å². The Kier molecular flexibility index (Phi) is 18.7. The Labute approximate surface area is 109 Å². The van der Waals surface area contributed by atoms with Gasteiger partial charge < -0.3 is 29.9 Å². The van der Waals surface area contributed by atoms with Gasteiger partial charge in [-0.05, 0) is 12.8 Å². The molecular formula is C12H28O6. The summed E-state index contributed by atoms with van der Waals surface area (Å²) >= 11 is 0. The fourth-order valence-corrected chi connectivity index (χ4v) is 0.833. The summed E-state index contributed by atoms with van der Waals surface area (Å²) < 4.78 is 9.47. The molecule has 0 aliphatic carbocycles. The van der Waals surface area contributed by atoms with E-state index in [1.807, 2.05) is 13.8 Å². The number of aliphatic hydroxyl groups is 4. The average molecular weight is 268 g/mol. The van der Waals surface area contributed by atoms with E-state index in [1.165, 1.54) is 0 Å². The lowest BCUT2D eigenvalue weighted by molar-refractivity contribution is -0.125. The second-order valence-electron chi connectivity index (χ2n) is 3.72. The van der Waals surface area contributed by atoms with Gasteiger partial charge in [-0.1, -0.05) is 26.7 Å². The van der Waals surface area contributed by atoms with Crippen molar-refractivity contribution in [2.45, 2.75) is 52.1 Å². The fraction of sp³-hybridized carbons (Fsp3) is 1.00. The molecule has 6 heteroatoms. The van der Waals surface area contributed by atoms with Gasteiger partial charge in [-0.15, -0.1) is 0 Å². The highest BCUT2D eigenvalue weighted by molar-refractivity contribution is 4.36. The Morgan fingerprint density at radius 2 is 1.11 bits per heavy atom. The first-order valence-corrected chi connectivity index (χ1v) is 6.43. The third kappa shape index (κ3) is 18.1. The first-order chi connectivity index (χ1) is 8.62. The summed E-state index contributed by atoms with van der Waals surface area (Å²) in [6, 6.07) is 0. The Morgan fingerprint density at radius 1 is 0.778 bits per heavy atom. The minimum Gasteiger partial charge on any atom is -0.391 e.